The highest BCUT2D eigenvalue weighted by atomic mass is 35.5. The quantitative estimate of drug-likeness (QED) is 0.207. The van der Waals surface area contributed by atoms with Crippen LogP contribution in [0.4, 0.5) is 11.4 Å². The van der Waals surface area contributed by atoms with Crippen LogP contribution in [0.3, 0.4) is 0 Å². The zero-order valence-electron chi connectivity index (χ0n) is 26.7. The number of anilines is 1. The van der Waals surface area contributed by atoms with E-state index in [0.717, 1.165) is 21.9 Å². The topological polar surface area (TPSA) is 117 Å². The summed E-state index contributed by atoms with van der Waals surface area (Å²) in [5.74, 6) is 0.916. The van der Waals surface area contributed by atoms with Crippen LogP contribution in [-0.4, -0.2) is 63.6 Å². The van der Waals surface area contributed by atoms with Crippen molar-refractivity contribution in [2.24, 2.45) is 4.99 Å². The molecule has 0 saturated carbocycles. The van der Waals surface area contributed by atoms with Crippen LogP contribution >= 0.6 is 11.6 Å². The van der Waals surface area contributed by atoms with Crippen LogP contribution in [0.2, 0.25) is 0 Å². The molecule has 3 aliphatic rings. The second kappa shape index (κ2) is 12.5. The van der Waals surface area contributed by atoms with E-state index in [1.54, 1.807) is 35.5 Å². The number of aromatic hydroxyl groups is 1. The van der Waals surface area contributed by atoms with Crippen molar-refractivity contribution in [2.75, 3.05) is 24.4 Å². The molecule has 0 saturated heterocycles. The molecule has 1 N–H and O–H groups in total. The number of carbonyl (C=O) groups excluding carboxylic acids is 2. The third-order valence-electron chi connectivity index (χ3n) is 9.52. The van der Waals surface area contributed by atoms with Gasteiger partial charge in [-0.25, -0.2) is 0 Å². The van der Waals surface area contributed by atoms with Crippen molar-refractivity contribution in [3.63, 3.8) is 0 Å². The Morgan fingerprint density at radius 3 is 2.59 bits per heavy atom. The van der Waals surface area contributed by atoms with Gasteiger partial charge in [-0.2, -0.15) is 0 Å². The summed E-state index contributed by atoms with van der Waals surface area (Å²) in [5.41, 5.74) is 5.93. The summed E-state index contributed by atoms with van der Waals surface area (Å²) >= 11 is 6.36. The average Bonchev–Trinajstić information content (AvgIpc) is 3.45. The summed E-state index contributed by atoms with van der Waals surface area (Å²) in [5, 5.41) is 12.4. The normalized spacial score (nSPS) is 17.6. The zero-order chi connectivity index (χ0) is 33.6. The summed E-state index contributed by atoms with van der Waals surface area (Å²) < 4.78 is 11.8. The Bertz CT molecular complexity index is 2170. The monoisotopic (exact) mass is 673 g/mol. The lowest BCUT2D eigenvalue weighted by Gasteiger charge is -2.34. The molecule has 5 aromatic rings. The van der Waals surface area contributed by atoms with Gasteiger partial charge in [0.25, 0.3) is 5.91 Å². The lowest BCUT2D eigenvalue weighted by atomic mass is 9.94. The number of hydrogen-bond donors (Lipinski definition) is 1. The van der Waals surface area contributed by atoms with E-state index in [0.29, 0.717) is 65.2 Å². The van der Waals surface area contributed by atoms with Gasteiger partial charge >= 0.3 is 0 Å². The molecule has 3 aliphatic heterocycles. The van der Waals surface area contributed by atoms with Crippen molar-refractivity contribution in [1.82, 2.24) is 14.9 Å². The van der Waals surface area contributed by atoms with Crippen LogP contribution in [0.25, 0.3) is 10.8 Å². The van der Waals surface area contributed by atoms with Gasteiger partial charge < -0.3 is 24.4 Å². The van der Waals surface area contributed by atoms with Gasteiger partial charge in [0.15, 0.2) is 11.5 Å². The molecular weight excluding hydrogens is 642 g/mol. The van der Waals surface area contributed by atoms with Crippen molar-refractivity contribution < 1.29 is 24.2 Å². The van der Waals surface area contributed by atoms with E-state index >= 15 is 0 Å². The third kappa shape index (κ3) is 5.51. The van der Waals surface area contributed by atoms with E-state index in [9.17, 15) is 14.7 Å². The predicted molar refractivity (Wildman–Crippen MR) is 186 cm³/mol. The molecule has 0 unspecified atom stereocenters. The van der Waals surface area contributed by atoms with Crippen molar-refractivity contribution in [3.05, 3.63) is 113 Å². The molecule has 246 valence electrons. The molecule has 8 rings (SSSR count). The number of alkyl halides is 1. The minimum Gasteiger partial charge on any atom is -0.507 e. The number of amides is 2. The van der Waals surface area contributed by atoms with Gasteiger partial charge in [-0.3, -0.25) is 24.5 Å². The highest BCUT2D eigenvalue weighted by molar-refractivity contribution is 6.19. The second-order valence-corrected chi connectivity index (χ2v) is 12.8. The number of ether oxygens (including phenoxy) is 2. The van der Waals surface area contributed by atoms with Crippen molar-refractivity contribution in [1.29, 1.82) is 0 Å². The number of fused-ring (bicyclic) bond motifs is 6. The maximum Gasteiger partial charge on any atom is 0.257 e. The molecular formula is C38H32ClN5O5. The van der Waals surface area contributed by atoms with E-state index in [1.807, 2.05) is 47.5 Å². The Morgan fingerprint density at radius 1 is 1.00 bits per heavy atom. The molecule has 11 heteroatoms. The molecule has 0 aliphatic carbocycles. The van der Waals surface area contributed by atoms with Gasteiger partial charge in [-0.15, -0.1) is 11.6 Å². The zero-order valence-corrected chi connectivity index (χ0v) is 27.4. The lowest BCUT2D eigenvalue weighted by molar-refractivity contribution is -0.118. The SMILES string of the molecule is COc1cc2c(cc1OCc1cncc(CC(=O)N3C[C@@H](CCl)c4c3cc(O)c3ccccc43)n1)N=C[C@@H]1Cc3ccccc3CN1C2=O. The van der Waals surface area contributed by atoms with Gasteiger partial charge in [0, 0.05) is 54.8 Å². The molecule has 0 bridgehead atoms. The lowest BCUT2D eigenvalue weighted by Crippen LogP contribution is -2.44. The van der Waals surface area contributed by atoms with Crippen molar-refractivity contribution >= 4 is 51.8 Å². The minimum absolute atomic E-state index is 0.00337. The Hall–Kier alpha value is -5.48. The van der Waals surface area contributed by atoms with Crippen LogP contribution < -0.4 is 14.4 Å². The molecule has 0 radical (unpaired) electrons. The summed E-state index contributed by atoms with van der Waals surface area (Å²) in [7, 11) is 1.53. The first-order valence-corrected chi connectivity index (χ1v) is 16.6. The van der Waals surface area contributed by atoms with Crippen LogP contribution in [-0.2, 0) is 30.8 Å². The second-order valence-electron chi connectivity index (χ2n) is 12.5. The van der Waals surface area contributed by atoms with Gasteiger partial charge in [-0.1, -0.05) is 48.5 Å². The highest BCUT2D eigenvalue weighted by Gasteiger charge is 2.35. The number of aliphatic imine (C=N–C) groups is 1. The van der Waals surface area contributed by atoms with Gasteiger partial charge in [0.2, 0.25) is 5.91 Å². The molecule has 2 amide bonds. The first-order valence-electron chi connectivity index (χ1n) is 16.1. The fourth-order valence-electron chi connectivity index (χ4n) is 7.12. The van der Waals surface area contributed by atoms with Crippen LogP contribution in [0.15, 0.2) is 84.1 Å². The van der Waals surface area contributed by atoms with Crippen LogP contribution in [0.5, 0.6) is 17.2 Å². The Labute approximate surface area is 287 Å². The molecule has 1 aromatic heterocycles. The molecule has 10 nitrogen and oxygen atoms in total. The fourth-order valence-corrected chi connectivity index (χ4v) is 7.37. The maximum absolute atomic E-state index is 13.7. The minimum atomic E-state index is -0.176. The van der Waals surface area contributed by atoms with E-state index in [1.165, 1.54) is 12.7 Å². The Kier molecular flexibility index (Phi) is 7.88. The first kappa shape index (κ1) is 30.8. The molecule has 0 fully saturated rings. The molecule has 4 heterocycles. The molecule has 0 spiro atoms. The Balaban J connectivity index is 0.997. The fraction of sp³-hybridized carbons (Fsp3) is 0.237. The van der Waals surface area contributed by atoms with E-state index < -0.39 is 0 Å². The summed E-state index contributed by atoms with van der Waals surface area (Å²) in [6.45, 7) is 0.975. The number of nitrogens with zero attached hydrogens (tertiary/aromatic N) is 5. The third-order valence-corrected chi connectivity index (χ3v) is 9.89. The first-order chi connectivity index (χ1) is 23.9. The van der Waals surface area contributed by atoms with Gasteiger partial charge in [0.1, 0.15) is 12.4 Å². The number of carbonyl (C=O) groups is 2. The average molecular weight is 674 g/mol. The van der Waals surface area contributed by atoms with E-state index in [2.05, 4.69) is 22.1 Å². The largest absolute Gasteiger partial charge is 0.507 e. The predicted octanol–water partition coefficient (Wildman–Crippen LogP) is 6.12. The maximum atomic E-state index is 13.7. The standard InChI is InChI=1S/C38H32ClN5O5/c1-48-34-12-30-31(41-18-27-10-22-6-2-3-7-23(22)19-43(27)38(30)47)13-35(34)49-21-26-17-40-16-25(42-26)11-36(46)44-20-24(15-39)37-29-9-5-4-8-28(29)33(45)14-32(37)44/h2-9,12-14,16-18,24,27,45H,10-11,15,19-21H2,1H3/t24-,27+/m1/s1. The van der Waals surface area contributed by atoms with Crippen molar-refractivity contribution in [3.8, 4) is 17.2 Å². The van der Waals surface area contributed by atoms with Gasteiger partial charge in [0.05, 0.1) is 54.1 Å². The Morgan fingerprint density at radius 2 is 1.78 bits per heavy atom. The van der Waals surface area contributed by atoms with E-state index in [-0.39, 0.29) is 42.6 Å². The van der Waals surface area contributed by atoms with Crippen LogP contribution in [0.1, 0.15) is 44.4 Å². The van der Waals surface area contributed by atoms with Gasteiger partial charge in [-0.05, 0) is 34.6 Å². The summed E-state index contributed by atoms with van der Waals surface area (Å²) in [6.07, 6.45) is 5.68. The number of phenolic OH excluding ortho intramolecular Hbond substituents is 1. The van der Waals surface area contributed by atoms with Crippen molar-refractivity contribution in [2.45, 2.75) is 38.0 Å². The molecule has 4 aromatic carbocycles. The number of hydrogen-bond acceptors (Lipinski definition) is 8. The summed E-state index contributed by atoms with van der Waals surface area (Å²) in [4.78, 5) is 44.6. The highest BCUT2D eigenvalue weighted by Crippen LogP contribution is 2.45. The number of rotatable bonds is 7. The van der Waals surface area contributed by atoms with E-state index in [4.69, 9.17) is 26.1 Å². The summed E-state index contributed by atoms with van der Waals surface area (Å²) in [6, 6.07) is 20.7. The number of aromatic nitrogens is 2. The molecule has 49 heavy (non-hydrogen) atoms. The number of benzene rings is 4. The number of phenols is 1. The number of methoxy groups -OCH3 is 1. The molecule has 2 atom stereocenters. The number of halogens is 1. The van der Waals surface area contributed by atoms with Crippen LogP contribution in [0, 0.1) is 0 Å². The smallest absolute Gasteiger partial charge is 0.257 e.